The lowest BCUT2D eigenvalue weighted by molar-refractivity contribution is 0.0767. The van der Waals surface area contributed by atoms with Crippen LogP contribution in [0.5, 0.6) is 0 Å². The first-order valence-corrected chi connectivity index (χ1v) is 12.6. The first-order chi connectivity index (χ1) is 16.7. The number of anilines is 1. The lowest BCUT2D eigenvalue weighted by atomic mass is 9.95. The maximum atomic E-state index is 13.0. The Bertz CT molecular complexity index is 985. The molecule has 1 heterocycles. The van der Waals surface area contributed by atoms with Crippen molar-refractivity contribution in [3.8, 4) is 0 Å². The fraction of sp³-hybridized carbons (Fsp3) is 0.367. The molecule has 3 aromatic rings. The minimum atomic E-state index is 0.116. The molecule has 0 aromatic heterocycles. The molecule has 1 amide bonds. The lowest BCUT2D eigenvalue weighted by Gasteiger charge is -2.36. The second kappa shape index (κ2) is 12.4. The van der Waals surface area contributed by atoms with Gasteiger partial charge in [0.1, 0.15) is 0 Å². The average Bonchev–Trinajstić information content (AvgIpc) is 2.91. The number of amides is 1. The minimum Gasteiger partial charge on any atom is -0.369 e. The van der Waals surface area contributed by atoms with Crippen molar-refractivity contribution < 1.29 is 4.79 Å². The van der Waals surface area contributed by atoms with E-state index in [1.54, 1.807) is 0 Å². The molecular formula is C30H37N3O. The fourth-order valence-corrected chi connectivity index (χ4v) is 4.85. The van der Waals surface area contributed by atoms with Crippen LogP contribution in [0.15, 0.2) is 91.0 Å². The topological polar surface area (TPSA) is 26.8 Å². The molecule has 34 heavy (non-hydrogen) atoms. The van der Waals surface area contributed by atoms with Gasteiger partial charge >= 0.3 is 0 Å². The second-order valence-corrected chi connectivity index (χ2v) is 9.24. The Hall–Kier alpha value is -3.11. The van der Waals surface area contributed by atoms with Gasteiger partial charge in [0, 0.05) is 44.0 Å². The number of piperidine rings is 1. The van der Waals surface area contributed by atoms with E-state index < -0.39 is 0 Å². The molecule has 0 saturated carbocycles. The predicted molar refractivity (Wildman–Crippen MR) is 141 cm³/mol. The molecule has 0 radical (unpaired) electrons. The summed E-state index contributed by atoms with van der Waals surface area (Å²) in [5.74, 6) is 0.789. The molecule has 0 bridgehead atoms. The van der Waals surface area contributed by atoms with Gasteiger partial charge in [-0.15, -0.1) is 0 Å². The van der Waals surface area contributed by atoms with Crippen molar-refractivity contribution in [3.05, 3.63) is 102 Å². The van der Waals surface area contributed by atoms with Gasteiger partial charge in [-0.25, -0.2) is 0 Å². The van der Waals surface area contributed by atoms with E-state index in [4.69, 9.17) is 0 Å². The number of likely N-dealkylation sites (tertiary alicyclic amines) is 1. The molecule has 1 aliphatic heterocycles. The van der Waals surface area contributed by atoms with Crippen molar-refractivity contribution in [2.75, 3.05) is 44.2 Å². The van der Waals surface area contributed by atoms with Crippen molar-refractivity contribution in [1.82, 2.24) is 9.80 Å². The van der Waals surface area contributed by atoms with Gasteiger partial charge in [0.25, 0.3) is 5.91 Å². The fourth-order valence-electron chi connectivity index (χ4n) is 4.85. The molecule has 1 saturated heterocycles. The summed E-state index contributed by atoms with van der Waals surface area (Å²) in [6.45, 7) is 8.74. The first-order valence-electron chi connectivity index (χ1n) is 12.6. The summed E-state index contributed by atoms with van der Waals surface area (Å²) in [6, 6.07) is 31.1. The SMILES string of the molecule is CCN(CCN(CC1CCN(Cc2ccccc2)CC1)c1ccccc1)C(=O)c1ccccc1. The predicted octanol–water partition coefficient (Wildman–Crippen LogP) is 5.57. The lowest BCUT2D eigenvalue weighted by Crippen LogP contribution is -2.42. The summed E-state index contributed by atoms with van der Waals surface area (Å²) >= 11 is 0. The van der Waals surface area contributed by atoms with Crippen LogP contribution in [0.25, 0.3) is 0 Å². The van der Waals surface area contributed by atoms with Crippen LogP contribution in [0.4, 0.5) is 5.69 Å². The smallest absolute Gasteiger partial charge is 0.253 e. The molecule has 4 rings (SSSR count). The van der Waals surface area contributed by atoms with E-state index in [0.29, 0.717) is 12.5 Å². The Kier molecular flexibility index (Phi) is 8.75. The Morgan fingerprint density at radius 3 is 2.03 bits per heavy atom. The average molecular weight is 456 g/mol. The number of carbonyl (C=O) groups is 1. The third-order valence-electron chi connectivity index (χ3n) is 6.89. The molecule has 4 nitrogen and oxygen atoms in total. The molecule has 0 N–H and O–H groups in total. The standard InChI is InChI=1S/C30H37N3O/c1-2-32(30(34)28-14-8-4-9-15-28)22-23-33(29-16-10-5-11-17-29)25-27-18-20-31(21-19-27)24-26-12-6-3-7-13-26/h3-17,27H,2,18-25H2,1H3. The highest BCUT2D eigenvalue weighted by Crippen LogP contribution is 2.23. The van der Waals surface area contributed by atoms with Crippen LogP contribution in [0.1, 0.15) is 35.7 Å². The summed E-state index contributed by atoms with van der Waals surface area (Å²) in [5, 5.41) is 0. The molecular weight excluding hydrogens is 418 g/mol. The Morgan fingerprint density at radius 2 is 1.41 bits per heavy atom. The number of carbonyl (C=O) groups excluding carboxylic acids is 1. The number of rotatable bonds is 10. The molecule has 4 heteroatoms. The van der Waals surface area contributed by atoms with Crippen molar-refractivity contribution in [1.29, 1.82) is 0 Å². The molecule has 1 aliphatic rings. The number of likely N-dealkylation sites (N-methyl/N-ethyl adjacent to an activating group) is 1. The number of benzene rings is 3. The van der Waals surface area contributed by atoms with E-state index in [1.165, 1.54) is 24.1 Å². The van der Waals surface area contributed by atoms with Crippen LogP contribution in [0.3, 0.4) is 0 Å². The molecule has 1 fully saturated rings. The van der Waals surface area contributed by atoms with E-state index in [9.17, 15) is 4.79 Å². The highest BCUT2D eigenvalue weighted by atomic mass is 16.2. The summed E-state index contributed by atoms with van der Waals surface area (Å²) in [6.07, 6.45) is 2.44. The molecule has 0 atom stereocenters. The summed E-state index contributed by atoms with van der Waals surface area (Å²) in [4.78, 5) is 20.0. The number of nitrogens with zero attached hydrogens (tertiary/aromatic N) is 3. The van der Waals surface area contributed by atoms with E-state index in [1.807, 2.05) is 35.2 Å². The van der Waals surface area contributed by atoms with Gasteiger partial charge < -0.3 is 9.80 Å². The maximum Gasteiger partial charge on any atom is 0.253 e. The third kappa shape index (κ3) is 6.71. The maximum absolute atomic E-state index is 13.0. The van der Waals surface area contributed by atoms with Gasteiger partial charge in [0.2, 0.25) is 0 Å². The van der Waals surface area contributed by atoms with Crippen molar-refractivity contribution in [2.45, 2.75) is 26.3 Å². The second-order valence-electron chi connectivity index (χ2n) is 9.24. The highest BCUT2D eigenvalue weighted by molar-refractivity contribution is 5.94. The van der Waals surface area contributed by atoms with E-state index >= 15 is 0 Å². The van der Waals surface area contributed by atoms with Gasteiger partial charge in [-0.3, -0.25) is 9.69 Å². The molecule has 178 valence electrons. The van der Waals surface area contributed by atoms with Crippen LogP contribution in [0.2, 0.25) is 0 Å². The van der Waals surface area contributed by atoms with Gasteiger partial charge in [0.15, 0.2) is 0 Å². The van der Waals surface area contributed by atoms with Gasteiger partial charge in [-0.2, -0.15) is 0 Å². The van der Waals surface area contributed by atoms with Crippen LogP contribution >= 0.6 is 0 Å². The zero-order valence-corrected chi connectivity index (χ0v) is 20.4. The zero-order valence-electron chi connectivity index (χ0n) is 20.4. The Labute approximate surface area is 204 Å². The summed E-state index contributed by atoms with van der Waals surface area (Å²) < 4.78 is 0. The van der Waals surface area contributed by atoms with Crippen LogP contribution in [-0.4, -0.2) is 55.0 Å². The van der Waals surface area contributed by atoms with Crippen molar-refractivity contribution in [2.24, 2.45) is 5.92 Å². The molecule has 0 aliphatic carbocycles. The van der Waals surface area contributed by atoms with Crippen LogP contribution < -0.4 is 4.90 Å². The monoisotopic (exact) mass is 455 g/mol. The van der Waals surface area contributed by atoms with Crippen LogP contribution in [-0.2, 0) is 6.54 Å². The number of para-hydroxylation sites is 1. The van der Waals surface area contributed by atoms with Crippen LogP contribution in [0, 0.1) is 5.92 Å². The molecule has 0 spiro atoms. The van der Waals surface area contributed by atoms with E-state index in [0.717, 1.165) is 44.8 Å². The first kappa shape index (κ1) is 24.0. The zero-order chi connectivity index (χ0) is 23.6. The largest absolute Gasteiger partial charge is 0.369 e. The Morgan fingerprint density at radius 1 is 0.824 bits per heavy atom. The summed E-state index contributed by atoms with van der Waals surface area (Å²) in [5.41, 5.74) is 3.41. The third-order valence-corrected chi connectivity index (χ3v) is 6.89. The minimum absolute atomic E-state index is 0.116. The quantitative estimate of drug-likeness (QED) is 0.400. The van der Waals surface area contributed by atoms with Gasteiger partial charge in [-0.05, 0) is 68.6 Å². The highest BCUT2D eigenvalue weighted by Gasteiger charge is 2.23. The molecule has 3 aromatic carbocycles. The van der Waals surface area contributed by atoms with E-state index in [-0.39, 0.29) is 5.91 Å². The van der Waals surface area contributed by atoms with Crippen molar-refractivity contribution in [3.63, 3.8) is 0 Å². The molecule has 0 unspecified atom stereocenters. The summed E-state index contributed by atoms with van der Waals surface area (Å²) in [7, 11) is 0. The van der Waals surface area contributed by atoms with Gasteiger partial charge in [-0.1, -0.05) is 66.7 Å². The Balaban J connectivity index is 1.35. The normalized spacial score (nSPS) is 14.6. The number of hydrogen-bond acceptors (Lipinski definition) is 3. The van der Waals surface area contributed by atoms with E-state index in [2.05, 4.69) is 77.4 Å². The number of hydrogen-bond donors (Lipinski definition) is 0. The van der Waals surface area contributed by atoms with Gasteiger partial charge in [0.05, 0.1) is 0 Å². The van der Waals surface area contributed by atoms with Crippen molar-refractivity contribution >= 4 is 11.6 Å².